The van der Waals surface area contributed by atoms with Crippen LogP contribution in [0.25, 0.3) is 0 Å². The van der Waals surface area contributed by atoms with E-state index in [1.54, 1.807) is 7.11 Å². The number of hydrogen-bond donors (Lipinski definition) is 0. The first-order chi connectivity index (χ1) is 15.2. The fraction of sp³-hybridized carbons (Fsp3) is 0.240. The molecule has 0 fully saturated rings. The lowest BCUT2D eigenvalue weighted by Crippen LogP contribution is -2.33. The molecule has 0 saturated carbocycles. The molecule has 5 nitrogen and oxygen atoms in total. The van der Waals surface area contributed by atoms with Gasteiger partial charge in [-0.1, -0.05) is 15.9 Å². The first-order valence-corrected chi connectivity index (χ1v) is 11.1. The molecule has 0 bridgehead atoms. The van der Waals surface area contributed by atoms with Crippen LogP contribution in [0, 0.1) is 0 Å². The quantitative estimate of drug-likeness (QED) is 0.444. The van der Waals surface area contributed by atoms with Crippen LogP contribution in [0.3, 0.4) is 0 Å². The van der Waals surface area contributed by atoms with E-state index in [4.69, 9.17) is 19.3 Å². The van der Waals surface area contributed by atoms with Crippen LogP contribution < -0.4 is 14.2 Å². The second-order valence-corrected chi connectivity index (χ2v) is 8.45. The molecule has 0 aliphatic carbocycles. The van der Waals surface area contributed by atoms with Crippen molar-refractivity contribution in [3.8, 4) is 17.2 Å². The highest BCUT2D eigenvalue weighted by Crippen LogP contribution is 2.48. The van der Waals surface area contributed by atoms with E-state index >= 15 is 0 Å². The van der Waals surface area contributed by atoms with Crippen molar-refractivity contribution in [1.82, 2.24) is 5.01 Å². The third-order valence-electron chi connectivity index (χ3n) is 5.65. The Labute approximate surface area is 190 Å². The van der Waals surface area contributed by atoms with Crippen LogP contribution in [-0.2, 0) is 0 Å². The molecule has 2 atom stereocenters. The summed E-state index contributed by atoms with van der Waals surface area (Å²) in [4.78, 5) is 0. The average Bonchev–Trinajstić information content (AvgIpc) is 3.25. The number of nitrogens with zero attached hydrogens (tertiary/aromatic N) is 2. The summed E-state index contributed by atoms with van der Waals surface area (Å²) in [5.41, 5.74) is 4.32. The van der Waals surface area contributed by atoms with E-state index < -0.39 is 0 Å². The molecule has 0 N–H and O–H groups in total. The van der Waals surface area contributed by atoms with Gasteiger partial charge in [-0.3, -0.25) is 0 Å². The summed E-state index contributed by atoms with van der Waals surface area (Å²) >= 11 is 3.61. The molecule has 2 unspecified atom stereocenters. The number of ether oxygens (including phenoxy) is 3. The van der Waals surface area contributed by atoms with Gasteiger partial charge in [0.05, 0.1) is 25.5 Å². The topological polar surface area (TPSA) is 43.3 Å². The molecule has 0 spiro atoms. The van der Waals surface area contributed by atoms with E-state index in [2.05, 4.69) is 39.1 Å². The number of rotatable bonds is 5. The number of hydrazone groups is 1. The lowest BCUT2D eigenvalue weighted by Gasteiger charge is -2.38. The zero-order valence-corrected chi connectivity index (χ0v) is 19.0. The molecule has 0 saturated heterocycles. The Hall–Kier alpha value is -2.99. The van der Waals surface area contributed by atoms with Gasteiger partial charge >= 0.3 is 0 Å². The van der Waals surface area contributed by atoms with Crippen LogP contribution >= 0.6 is 15.9 Å². The fourth-order valence-corrected chi connectivity index (χ4v) is 4.51. The SMILES string of the molecule is CCOc1ccc(C2=NN3C(C2)c2cc(Br)ccc2OC3c2ccc(OC)cc2)cc1. The van der Waals surface area contributed by atoms with Crippen LogP contribution in [0.2, 0.25) is 0 Å². The van der Waals surface area contributed by atoms with Gasteiger partial charge in [0.2, 0.25) is 6.23 Å². The molecule has 0 aromatic heterocycles. The molecule has 2 aliphatic rings. The highest BCUT2D eigenvalue weighted by molar-refractivity contribution is 9.10. The zero-order valence-electron chi connectivity index (χ0n) is 17.4. The van der Waals surface area contributed by atoms with Crippen molar-refractivity contribution in [2.75, 3.05) is 13.7 Å². The van der Waals surface area contributed by atoms with E-state index in [0.717, 1.165) is 50.5 Å². The maximum Gasteiger partial charge on any atom is 0.213 e. The van der Waals surface area contributed by atoms with Gasteiger partial charge < -0.3 is 14.2 Å². The highest BCUT2D eigenvalue weighted by Gasteiger charge is 2.41. The highest BCUT2D eigenvalue weighted by atomic mass is 79.9. The Kier molecular flexibility index (Phi) is 5.32. The molecule has 6 heteroatoms. The first kappa shape index (κ1) is 19.9. The lowest BCUT2D eigenvalue weighted by atomic mass is 9.96. The van der Waals surface area contributed by atoms with Crippen molar-refractivity contribution in [1.29, 1.82) is 0 Å². The van der Waals surface area contributed by atoms with Gasteiger partial charge in [0.15, 0.2) is 0 Å². The minimum atomic E-state index is -0.301. The Morgan fingerprint density at radius 2 is 1.77 bits per heavy atom. The van der Waals surface area contributed by atoms with Gasteiger partial charge in [0.1, 0.15) is 17.2 Å². The molecule has 31 heavy (non-hydrogen) atoms. The van der Waals surface area contributed by atoms with Gasteiger partial charge in [-0.2, -0.15) is 5.10 Å². The summed E-state index contributed by atoms with van der Waals surface area (Å²) < 4.78 is 18.4. The maximum atomic E-state index is 6.43. The first-order valence-electron chi connectivity index (χ1n) is 10.4. The minimum absolute atomic E-state index is 0.106. The standard InChI is InChI=1S/C25H23BrN2O3/c1-3-30-20-11-4-16(5-12-20)22-15-23-21-14-18(26)8-13-24(21)31-25(28(23)27-22)17-6-9-19(29-2)10-7-17/h4-14,23,25H,3,15H2,1-2H3. The molecular weight excluding hydrogens is 456 g/mol. The predicted molar refractivity (Wildman–Crippen MR) is 124 cm³/mol. The molecule has 2 heterocycles. The number of hydrogen-bond acceptors (Lipinski definition) is 5. The van der Waals surface area contributed by atoms with Crippen LogP contribution in [-0.4, -0.2) is 24.4 Å². The van der Waals surface area contributed by atoms with Crippen molar-refractivity contribution in [3.63, 3.8) is 0 Å². The number of halogens is 1. The van der Waals surface area contributed by atoms with Gasteiger partial charge in [0.25, 0.3) is 0 Å². The summed E-state index contributed by atoms with van der Waals surface area (Å²) in [5, 5.41) is 7.11. The molecule has 0 amide bonds. The Balaban J connectivity index is 1.53. The average molecular weight is 479 g/mol. The summed E-state index contributed by atoms with van der Waals surface area (Å²) in [6.45, 7) is 2.64. The molecule has 3 aromatic carbocycles. The van der Waals surface area contributed by atoms with Crippen LogP contribution in [0.5, 0.6) is 17.2 Å². The van der Waals surface area contributed by atoms with Gasteiger partial charge in [-0.25, -0.2) is 5.01 Å². The van der Waals surface area contributed by atoms with Crippen molar-refractivity contribution in [3.05, 3.63) is 87.9 Å². The minimum Gasteiger partial charge on any atom is -0.497 e. The number of benzene rings is 3. The van der Waals surface area contributed by atoms with Crippen molar-refractivity contribution in [2.45, 2.75) is 25.6 Å². The molecular formula is C25H23BrN2O3. The van der Waals surface area contributed by atoms with Crippen molar-refractivity contribution in [2.24, 2.45) is 5.10 Å². The summed E-state index contributed by atoms with van der Waals surface area (Å²) in [6, 6.07) is 22.4. The van der Waals surface area contributed by atoms with Crippen LogP contribution in [0.1, 0.15) is 42.3 Å². The van der Waals surface area contributed by atoms with Gasteiger partial charge in [-0.05, 0) is 79.2 Å². The van der Waals surface area contributed by atoms with E-state index in [1.165, 1.54) is 0 Å². The Morgan fingerprint density at radius 1 is 1.03 bits per heavy atom. The van der Waals surface area contributed by atoms with Gasteiger partial charge in [-0.15, -0.1) is 0 Å². The molecule has 2 aliphatic heterocycles. The predicted octanol–water partition coefficient (Wildman–Crippen LogP) is 6.10. The maximum absolute atomic E-state index is 6.43. The van der Waals surface area contributed by atoms with E-state index in [-0.39, 0.29) is 12.3 Å². The third-order valence-corrected chi connectivity index (χ3v) is 6.14. The lowest BCUT2D eigenvalue weighted by molar-refractivity contribution is -0.0191. The molecule has 0 radical (unpaired) electrons. The third kappa shape index (κ3) is 3.76. The van der Waals surface area contributed by atoms with Gasteiger partial charge in [0, 0.05) is 22.0 Å². The van der Waals surface area contributed by atoms with Crippen molar-refractivity contribution >= 4 is 21.6 Å². The summed E-state index contributed by atoms with van der Waals surface area (Å²) in [6.07, 6.45) is 0.512. The van der Waals surface area contributed by atoms with E-state index in [0.29, 0.717) is 6.61 Å². The second-order valence-electron chi connectivity index (χ2n) is 7.53. The normalized spacial score (nSPS) is 19.2. The largest absolute Gasteiger partial charge is 0.497 e. The smallest absolute Gasteiger partial charge is 0.213 e. The Morgan fingerprint density at radius 3 is 2.48 bits per heavy atom. The van der Waals surface area contributed by atoms with Crippen molar-refractivity contribution < 1.29 is 14.2 Å². The molecule has 3 aromatic rings. The van der Waals surface area contributed by atoms with Crippen LogP contribution in [0.15, 0.2) is 76.3 Å². The fourth-order valence-electron chi connectivity index (χ4n) is 4.13. The zero-order chi connectivity index (χ0) is 21.4. The summed E-state index contributed by atoms with van der Waals surface area (Å²) in [5.74, 6) is 2.59. The number of methoxy groups -OCH3 is 1. The van der Waals surface area contributed by atoms with Crippen LogP contribution in [0.4, 0.5) is 0 Å². The molecule has 158 valence electrons. The number of fused-ring (bicyclic) bond motifs is 3. The molecule has 5 rings (SSSR count). The summed E-state index contributed by atoms with van der Waals surface area (Å²) in [7, 11) is 1.67. The monoisotopic (exact) mass is 478 g/mol. The van der Waals surface area contributed by atoms with E-state index in [9.17, 15) is 0 Å². The second kappa shape index (κ2) is 8.27. The Bertz CT molecular complexity index is 1110. The van der Waals surface area contributed by atoms with E-state index in [1.807, 2.05) is 55.5 Å².